The largest absolute Gasteiger partial charge is 0.354 e. The first-order valence-corrected chi connectivity index (χ1v) is 8.84. The summed E-state index contributed by atoms with van der Waals surface area (Å²) in [5.74, 6) is 0.563. The van der Waals surface area contributed by atoms with Crippen molar-refractivity contribution in [2.24, 2.45) is 0 Å². The molecule has 0 bridgehead atoms. The average Bonchev–Trinajstić information content (AvgIpc) is 2.93. The van der Waals surface area contributed by atoms with Gasteiger partial charge in [-0.25, -0.2) is 0 Å². The van der Waals surface area contributed by atoms with Crippen molar-refractivity contribution in [1.29, 1.82) is 0 Å². The van der Waals surface area contributed by atoms with Gasteiger partial charge in [0.15, 0.2) is 0 Å². The first-order chi connectivity index (χ1) is 10.5. The summed E-state index contributed by atoms with van der Waals surface area (Å²) in [6, 6.07) is 7.80. The molecule has 1 fully saturated rings. The molecule has 2 rings (SSSR count). The lowest BCUT2D eigenvalue weighted by Crippen LogP contribution is -2.47. The van der Waals surface area contributed by atoms with E-state index in [1.54, 1.807) is 23.6 Å². The number of aryl methyl sites for hydroxylation is 1. The van der Waals surface area contributed by atoms with Crippen LogP contribution in [-0.2, 0) is 9.59 Å². The van der Waals surface area contributed by atoms with Crippen molar-refractivity contribution in [1.82, 2.24) is 10.2 Å². The Kier molecular flexibility index (Phi) is 5.89. The molecule has 0 spiro atoms. The third-order valence-corrected chi connectivity index (χ3v) is 5.18. The van der Waals surface area contributed by atoms with E-state index >= 15 is 0 Å². The van der Waals surface area contributed by atoms with E-state index in [9.17, 15) is 9.59 Å². The van der Waals surface area contributed by atoms with Crippen LogP contribution in [0, 0.1) is 6.92 Å². The second-order valence-corrected chi connectivity index (χ2v) is 6.80. The number of carbonyl (C=O) groups is 2. The molecule has 0 unspecified atom stereocenters. The zero-order valence-electron chi connectivity index (χ0n) is 13.5. The van der Waals surface area contributed by atoms with Gasteiger partial charge in [-0.3, -0.25) is 9.59 Å². The highest BCUT2D eigenvalue weighted by Gasteiger charge is 2.40. The Balaban J connectivity index is 2.12. The lowest BCUT2D eigenvalue weighted by Gasteiger charge is -2.28. The number of hydrogen-bond acceptors (Lipinski definition) is 3. The van der Waals surface area contributed by atoms with Crippen molar-refractivity contribution in [2.75, 3.05) is 12.3 Å². The molecule has 1 N–H and O–H groups in total. The molecule has 1 aliphatic rings. The maximum atomic E-state index is 12.3. The Morgan fingerprint density at radius 3 is 2.59 bits per heavy atom. The molecule has 1 aromatic rings. The van der Waals surface area contributed by atoms with Gasteiger partial charge in [-0.2, -0.15) is 0 Å². The van der Waals surface area contributed by atoms with Crippen molar-refractivity contribution < 1.29 is 9.59 Å². The van der Waals surface area contributed by atoms with Gasteiger partial charge in [-0.15, -0.1) is 11.8 Å². The van der Waals surface area contributed by atoms with Crippen molar-refractivity contribution in [3.8, 4) is 0 Å². The second-order valence-electron chi connectivity index (χ2n) is 5.68. The zero-order valence-corrected chi connectivity index (χ0v) is 14.3. The van der Waals surface area contributed by atoms with Crippen LogP contribution in [0.4, 0.5) is 0 Å². The van der Waals surface area contributed by atoms with Crippen LogP contribution in [0.25, 0.3) is 0 Å². The van der Waals surface area contributed by atoms with Crippen molar-refractivity contribution in [3.05, 3.63) is 35.4 Å². The Hall–Kier alpha value is -1.49. The van der Waals surface area contributed by atoms with Crippen LogP contribution in [-0.4, -0.2) is 35.1 Å². The van der Waals surface area contributed by atoms with E-state index in [4.69, 9.17) is 0 Å². The fraction of sp³-hybridized carbons (Fsp3) is 0.529. The van der Waals surface area contributed by atoms with Crippen molar-refractivity contribution >= 4 is 23.6 Å². The zero-order chi connectivity index (χ0) is 16.1. The molecule has 1 aromatic carbocycles. The smallest absolute Gasteiger partial charge is 0.243 e. The number of rotatable bonds is 5. The van der Waals surface area contributed by atoms with Gasteiger partial charge >= 0.3 is 0 Å². The van der Waals surface area contributed by atoms with E-state index in [1.807, 2.05) is 31.2 Å². The minimum Gasteiger partial charge on any atom is -0.354 e. The van der Waals surface area contributed by atoms with Crippen LogP contribution in [0.3, 0.4) is 0 Å². The Morgan fingerprint density at radius 2 is 2.00 bits per heavy atom. The third-order valence-electron chi connectivity index (χ3n) is 3.86. The molecule has 0 aromatic heterocycles. The molecule has 0 aliphatic carbocycles. The van der Waals surface area contributed by atoms with E-state index in [1.165, 1.54) is 5.56 Å². The highest BCUT2D eigenvalue weighted by Crippen LogP contribution is 2.41. The Labute approximate surface area is 136 Å². The van der Waals surface area contributed by atoms with Gasteiger partial charge in [-0.1, -0.05) is 43.2 Å². The van der Waals surface area contributed by atoms with E-state index in [0.717, 1.165) is 18.4 Å². The summed E-state index contributed by atoms with van der Waals surface area (Å²) >= 11 is 1.66. The molecule has 0 saturated carbocycles. The van der Waals surface area contributed by atoms with Gasteiger partial charge in [0.05, 0.1) is 0 Å². The Morgan fingerprint density at radius 1 is 1.32 bits per heavy atom. The minimum atomic E-state index is -0.370. The minimum absolute atomic E-state index is 0.0363. The molecule has 22 heavy (non-hydrogen) atoms. The first-order valence-electron chi connectivity index (χ1n) is 7.79. The summed E-state index contributed by atoms with van der Waals surface area (Å²) in [7, 11) is 0. The van der Waals surface area contributed by atoms with Gasteiger partial charge in [0.2, 0.25) is 11.8 Å². The molecule has 5 heteroatoms. The summed E-state index contributed by atoms with van der Waals surface area (Å²) in [5.41, 5.74) is 2.27. The Bertz CT molecular complexity index is 530. The number of carbonyl (C=O) groups excluding carboxylic acids is 2. The van der Waals surface area contributed by atoms with Gasteiger partial charge in [0, 0.05) is 19.2 Å². The standard InChI is InChI=1S/C17H24N2O2S/c1-4-5-10-18-16(21)15-11-22-17(19(15)13(3)20)14-8-6-12(2)7-9-14/h6-9,15,17H,4-5,10-11H2,1-3H3,(H,18,21)/t15-,17-/m0/s1. The topological polar surface area (TPSA) is 49.4 Å². The van der Waals surface area contributed by atoms with Crippen LogP contribution in [0.15, 0.2) is 24.3 Å². The molecule has 2 amide bonds. The second kappa shape index (κ2) is 7.68. The number of thioether (sulfide) groups is 1. The molecular formula is C17H24N2O2S. The SMILES string of the molecule is CCCCNC(=O)[C@@H]1CS[C@@H](c2ccc(C)cc2)N1C(C)=O. The summed E-state index contributed by atoms with van der Waals surface area (Å²) in [6.07, 6.45) is 2.01. The van der Waals surface area contributed by atoms with E-state index in [-0.39, 0.29) is 23.2 Å². The predicted molar refractivity (Wildman–Crippen MR) is 90.6 cm³/mol. The van der Waals surface area contributed by atoms with Crippen LogP contribution in [0.2, 0.25) is 0 Å². The van der Waals surface area contributed by atoms with E-state index in [2.05, 4.69) is 12.2 Å². The van der Waals surface area contributed by atoms with E-state index in [0.29, 0.717) is 12.3 Å². The lowest BCUT2D eigenvalue weighted by atomic mass is 10.1. The monoisotopic (exact) mass is 320 g/mol. The molecule has 1 aliphatic heterocycles. The molecule has 2 atom stereocenters. The van der Waals surface area contributed by atoms with Crippen LogP contribution < -0.4 is 5.32 Å². The molecule has 1 heterocycles. The predicted octanol–water partition coefficient (Wildman–Crippen LogP) is 2.87. The van der Waals surface area contributed by atoms with Crippen LogP contribution >= 0.6 is 11.8 Å². The fourth-order valence-corrected chi connectivity index (χ4v) is 4.07. The van der Waals surface area contributed by atoms with Crippen LogP contribution in [0.1, 0.15) is 43.2 Å². The maximum Gasteiger partial charge on any atom is 0.243 e. The van der Waals surface area contributed by atoms with E-state index < -0.39 is 0 Å². The molecular weight excluding hydrogens is 296 g/mol. The lowest BCUT2D eigenvalue weighted by molar-refractivity contribution is -0.138. The molecule has 0 radical (unpaired) electrons. The normalized spacial score (nSPS) is 21.0. The van der Waals surface area contributed by atoms with Crippen molar-refractivity contribution in [3.63, 3.8) is 0 Å². The first kappa shape index (κ1) is 16.9. The van der Waals surface area contributed by atoms with Crippen molar-refractivity contribution in [2.45, 2.75) is 45.0 Å². The summed E-state index contributed by atoms with van der Waals surface area (Å²) in [4.78, 5) is 26.1. The van der Waals surface area contributed by atoms with Gasteiger partial charge in [0.25, 0.3) is 0 Å². The van der Waals surface area contributed by atoms with Gasteiger partial charge < -0.3 is 10.2 Å². The summed E-state index contributed by atoms with van der Waals surface area (Å²) in [5, 5.41) is 2.88. The number of nitrogens with one attached hydrogen (secondary N) is 1. The molecule has 1 saturated heterocycles. The summed E-state index contributed by atoms with van der Waals surface area (Å²) < 4.78 is 0. The third kappa shape index (κ3) is 3.83. The number of nitrogens with zero attached hydrogens (tertiary/aromatic N) is 1. The van der Waals surface area contributed by atoms with Crippen LogP contribution in [0.5, 0.6) is 0 Å². The van der Waals surface area contributed by atoms with Gasteiger partial charge in [-0.05, 0) is 18.9 Å². The summed E-state index contributed by atoms with van der Waals surface area (Å²) in [6.45, 7) is 6.35. The number of hydrogen-bond donors (Lipinski definition) is 1. The quantitative estimate of drug-likeness (QED) is 0.849. The van der Waals surface area contributed by atoms with Gasteiger partial charge in [0.1, 0.15) is 11.4 Å². The molecule has 4 nitrogen and oxygen atoms in total. The molecule has 120 valence electrons. The highest BCUT2D eigenvalue weighted by molar-refractivity contribution is 7.99. The number of benzene rings is 1. The average molecular weight is 320 g/mol. The number of amides is 2. The number of unbranched alkanes of at least 4 members (excludes halogenated alkanes) is 1. The maximum absolute atomic E-state index is 12.3. The highest BCUT2D eigenvalue weighted by atomic mass is 32.2. The fourth-order valence-electron chi connectivity index (χ4n) is 2.59.